The summed E-state index contributed by atoms with van der Waals surface area (Å²) in [4.78, 5) is 4.09. The molecular weight excluding hydrogens is 353 g/mol. The van der Waals surface area contributed by atoms with Crippen molar-refractivity contribution in [2.75, 3.05) is 13.2 Å². The molecule has 1 aromatic heterocycles. The molecule has 0 amide bonds. The zero-order valence-electron chi connectivity index (χ0n) is 15.2. The quantitative estimate of drug-likeness (QED) is 0.602. The first-order valence-corrected chi connectivity index (χ1v) is 10.1. The molecule has 0 aliphatic rings. The van der Waals surface area contributed by atoms with Crippen LogP contribution in [0.25, 0.3) is 5.31 Å². The van der Waals surface area contributed by atoms with Crippen molar-refractivity contribution in [1.29, 1.82) is 0 Å². The minimum absolute atomic E-state index is 0.0120. The Bertz CT molecular complexity index is 792. The molecule has 0 aliphatic carbocycles. The maximum atomic E-state index is 13.6. The Labute approximate surface area is 154 Å². The van der Waals surface area contributed by atoms with Gasteiger partial charge in [-0.2, -0.15) is 0 Å². The third kappa shape index (κ3) is 4.87. The molecule has 0 saturated carbocycles. The minimum atomic E-state index is -3.66. The molecule has 6 nitrogen and oxygen atoms in total. The van der Waals surface area contributed by atoms with Crippen molar-refractivity contribution in [2.24, 2.45) is 0 Å². The number of aromatic hydroxyl groups is 1. The monoisotopic (exact) mass is 377 g/mol. The number of hydrogen-bond donors (Lipinski definition) is 1. The van der Waals surface area contributed by atoms with E-state index in [2.05, 4.69) is 4.98 Å². The molecule has 2 aromatic rings. The van der Waals surface area contributed by atoms with Crippen LogP contribution in [0.1, 0.15) is 32.8 Å². The highest BCUT2D eigenvalue weighted by atomic mass is 31.2. The molecule has 0 bridgehead atoms. The molecule has 1 aromatic carbocycles. The smallest absolute Gasteiger partial charge is 0.411 e. The number of phenols is 1. The van der Waals surface area contributed by atoms with Crippen LogP contribution < -0.4 is 9.26 Å². The SMILES string of the molecule is CC/C=C(\c1cccnc1)P(=O)(OCC)Oc1ccc(O)c(OCC)c1. The van der Waals surface area contributed by atoms with Crippen molar-refractivity contribution in [3.05, 3.63) is 54.4 Å². The molecule has 0 radical (unpaired) electrons. The topological polar surface area (TPSA) is 77.9 Å². The highest BCUT2D eigenvalue weighted by molar-refractivity contribution is 7.65. The van der Waals surface area contributed by atoms with Crippen molar-refractivity contribution in [1.82, 2.24) is 4.98 Å². The number of benzene rings is 1. The van der Waals surface area contributed by atoms with Gasteiger partial charge in [0.25, 0.3) is 0 Å². The van der Waals surface area contributed by atoms with Gasteiger partial charge in [0.2, 0.25) is 0 Å². The summed E-state index contributed by atoms with van der Waals surface area (Å²) < 4.78 is 30.3. The molecule has 1 heterocycles. The van der Waals surface area contributed by atoms with E-state index in [0.717, 1.165) is 0 Å². The second-order valence-corrected chi connectivity index (χ2v) is 7.23. The number of ether oxygens (including phenoxy) is 1. The molecule has 26 heavy (non-hydrogen) atoms. The van der Waals surface area contributed by atoms with Gasteiger partial charge in [0.1, 0.15) is 5.75 Å². The second-order valence-electron chi connectivity index (χ2n) is 5.31. The molecule has 1 unspecified atom stereocenters. The van der Waals surface area contributed by atoms with E-state index in [-0.39, 0.29) is 23.9 Å². The minimum Gasteiger partial charge on any atom is -0.504 e. The molecule has 0 spiro atoms. The van der Waals surface area contributed by atoms with E-state index < -0.39 is 7.60 Å². The zero-order valence-corrected chi connectivity index (χ0v) is 16.1. The Morgan fingerprint density at radius 1 is 1.23 bits per heavy atom. The number of pyridine rings is 1. The first-order chi connectivity index (χ1) is 12.5. The van der Waals surface area contributed by atoms with Gasteiger partial charge < -0.3 is 14.4 Å². The number of phenolic OH excluding ortho intramolecular Hbond substituents is 1. The van der Waals surface area contributed by atoms with Crippen molar-refractivity contribution in [3.63, 3.8) is 0 Å². The number of rotatable bonds is 9. The summed E-state index contributed by atoms with van der Waals surface area (Å²) in [6.07, 6.45) is 5.74. The van der Waals surface area contributed by atoms with Crippen LogP contribution in [-0.2, 0) is 9.09 Å². The fourth-order valence-electron chi connectivity index (χ4n) is 2.37. The Morgan fingerprint density at radius 2 is 2.04 bits per heavy atom. The molecule has 1 N–H and O–H groups in total. The van der Waals surface area contributed by atoms with Crippen LogP contribution in [-0.4, -0.2) is 23.3 Å². The summed E-state index contributed by atoms with van der Waals surface area (Å²) in [5.74, 6) is 0.534. The lowest BCUT2D eigenvalue weighted by atomic mass is 10.2. The van der Waals surface area contributed by atoms with Crippen LogP contribution in [0, 0.1) is 0 Å². The Balaban J connectivity index is 2.44. The summed E-state index contributed by atoms with van der Waals surface area (Å²) in [7, 11) is -3.66. The molecule has 7 heteroatoms. The van der Waals surface area contributed by atoms with Crippen LogP contribution in [0.4, 0.5) is 0 Å². The Kier molecular flexibility index (Phi) is 7.25. The predicted molar refractivity (Wildman–Crippen MR) is 102 cm³/mol. The molecule has 0 fully saturated rings. The lowest BCUT2D eigenvalue weighted by molar-refractivity contribution is 0.288. The number of aromatic nitrogens is 1. The summed E-state index contributed by atoms with van der Waals surface area (Å²) in [5.41, 5.74) is 0.676. The van der Waals surface area contributed by atoms with Crippen LogP contribution in [0.5, 0.6) is 17.2 Å². The fraction of sp³-hybridized carbons (Fsp3) is 0.316. The second kappa shape index (κ2) is 9.41. The first-order valence-electron chi connectivity index (χ1n) is 8.55. The number of nitrogens with zero attached hydrogens (tertiary/aromatic N) is 1. The van der Waals surface area contributed by atoms with Gasteiger partial charge in [0.15, 0.2) is 11.5 Å². The van der Waals surface area contributed by atoms with E-state index in [0.29, 0.717) is 23.9 Å². The van der Waals surface area contributed by atoms with Gasteiger partial charge in [-0.25, -0.2) is 4.57 Å². The Hall–Kier alpha value is -2.30. The van der Waals surface area contributed by atoms with E-state index in [1.807, 2.05) is 26.0 Å². The van der Waals surface area contributed by atoms with Gasteiger partial charge in [0, 0.05) is 24.0 Å². The fourth-order valence-corrected chi connectivity index (χ4v) is 4.25. The highest BCUT2D eigenvalue weighted by Crippen LogP contribution is 2.60. The van der Waals surface area contributed by atoms with E-state index in [1.54, 1.807) is 25.4 Å². The Morgan fingerprint density at radius 3 is 2.65 bits per heavy atom. The summed E-state index contributed by atoms with van der Waals surface area (Å²) >= 11 is 0. The van der Waals surface area contributed by atoms with Gasteiger partial charge in [-0.05, 0) is 38.5 Å². The van der Waals surface area contributed by atoms with Gasteiger partial charge in [-0.1, -0.05) is 19.1 Å². The van der Waals surface area contributed by atoms with E-state index in [1.165, 1.54) is 18.2 Å². The van der Waals surface area contributed by atoms with Gasteiger partial charge in [0.05, 0.1) is 18.5 Å². The number of allylic oxidation sites excluding steroid dienone is 1. The van der Waals surface area contributed by atoms with E-state index in [4.69, 9.17) is 13.8 Å². The highest BCUT2D eigenvalue weighted by Gasteiger charge is 2.33. The lowest BCUT2D eigenvalue weighted by Gasteiger charge is -2.22. The first kappa shape index (κ1) is 20.0. The maximum absolute atomic E-state index is 13.6. The zero-order chi connectivity index (χ0) is 19.0. The molecule has 2 rings (SSSR count). The van der Waals surface area contributed by atoms with Crippen LogP contribution in [0.3, 0.4) is 0 Å². The molecule has 0 aliphatic heterocycles. The van der Waals surface area contributed by atoms with Crippen molar-refractivity contribution >= 4 is 12.9 Å². The molecule has 140 valence electrons. The maximum Gasteiger partial charge on any atom is 0.411 e. The largest absolute Gasteiger partial charge is 0.504 e. The number of hydrogen-bond acceptors (Lipinski definition) is 6. The van der Waals surface area contributed by atoms with Crippen molar-refractivity contribution in [3.8, 4) is 17.2 Å². The average molecular weight is 377 g/mol. The molecule has 0 saturated heterocycles. The standard InChI is InChI=1S/C19H24NO5P/c1-4-8-19(15-9-7-12-20-14-15)26(22,24-6-3)25-16-10-11-17(21)18(13-16)23-5-2/h7-14,21H,4-6H2,1-3H3/b19-8+. The lowest BCUT2D eigenvalue weighted by Crippen LogP contribution is -2.02. The van der Waals surface area contributed by atoms with Crippen molar-refractivity contribution in [2.45, 2.75) is 27.2 Å². The normalized spacial score (nSPS) is 13.9. The summed E-state index contributed by atoms with van der Waals surface area (Å²) in [6.45, 7) is 6.11. The molecule has 1 atom stereocenters. The predicted octanol–water partition coefficient (Wildman–Crippen LogP) is 5.25. The molecular formula is C19H24NO5P. The van der Waals surface area contributed by atoms with E-state index >= 15 is 0 Å². The average Bonchev–Trinajstić information content (AvgIpc) is 2.63. The summed E-state index contributed by atoms with van der Waals surface area (Å²) in [5, 5.41) is 10.3. The van der Waals surface area contributed by atoms with Crippen LogP contribution in [0.15, 0.2) is 48.8 Å². The van der Waals surface area contributed by atoms with Gasteiger partial charge in [-0.15, -0.1) is 0 Å². The van der Waals surface area contributed by atoms with Gasteiger partial charge in [-0.3, -0.25) is 9.51 Å². The van der Waals surface area contributed by atoms with Gasteiger partial charge >= 0.3 is 7.60 Å². The third-order valence-corrected chi connectivity index (χ3v) is 5.49. The summed E-state index contributed by atoms with van der Waals surface area (Å²) in [6, 6.07) is 8.03. The van der Waals surface area contributed by atoms with Crippen molar-refractivity contribution < 1.29 is 23.5 Å². The third-order valence-electron chi connectivity index (χ3n) is 3.41. The van der Waals surface area contributed by atoms with Crippen LogP contribution >= 0.6 is 7.60 Å². The van der Waals surface area contributed by atoms with E-state index in [9.17, 15) is 9.67 Å². The van der Waals surface area contributed by atoms with Crippen LogP contribution in [0.2, 0.25) is 0 Å².